The lowest BCUT2D eigenvalue weighted by Gasteiger charge is -2.26. The molecule has 0 spiro atoms. The van der Waals surface area contributed by atoms with Gasteiger partial charge in [-0.3, -0.25) is 4.79 Å². The molecular formula is C25H34N2O4S. The number of benzene rings is 2. The van der Waals surface area contributed by atoms with Crippen LogP contribution in [0.15, 0.2) is 47.4 Å². The highest BCUT2D eigenvalue weighted by Gasteiger charge is 2.26. The summed E-state index contributed by atoms with van der Waals surface area (Å²) in [6.07, 6.45) is 4.30. The minimum absolute atomic E-state index is 0.0450. The van der Waals surface area contributed by atoms with Gasteiger partial charge < -0.3 is 10.1 Å². The van der Waals surface area contributed by atoms with E-state index in [1.54, 1.807) is 29.6 Å². The maximum atomic E-state index is 13.1. The number of amides is 1. The van der Waals surface area contributed by atoms with Gasteiger partial charge in [0, 0.05) is 19.5 Å². The van der Waals surface area contributed by atoms with Crippen molar-refractivity contribution >= 4 is 15.9 Å². The molecule has 1 atom stereocenters. The molecule has 1 N–H and O–H groups in total. The number of carbonyl (C=O) groups is 1. The predicted molar refractivity (Wildman–Crippen MR) is 126 cm³/mol. The summed E-state index contributed by atoms with van der Waals surface area (Å²) in [6, 6.07) is 13.0. The fraction of sp³-hybridized carbons (Fsp3) is 0.480. The lowest BCUT2D eigenvalue weighted by atomic mass is 9.99. The highest BCUT2D eigenvalue weighted by atomic mass is 32.2. The Bertz CT molecular complexity index is 1030. The van der Waals surface area contributed by atoms with Crippen molar-refractivity contribution in [3.63, 3.8) is 0 Å². The lowest BCUT2D eigenvalue weighted by molar-refractivity contribution is -0.121. The van der Waals surface area contributed by atoms with E-state index in [-0.39, 0.29) is 23.3 Å². The molecule has 174 valence electrons. The van der Waals surface area contributed by atoms with Crippen molar-refractivity contribution in [2.24, 2.45) is 0 Å². The summed E-state index contributed by atoms with van der Waals surface area (Å²) in [4.78, 5) is 13.0. The second-order valence-electron chi connectivity index (χ2n) is 8.32. The SMILES string of the molecule is CC[C@H](NC(=O)CCc1cc(S(=O)(=O)N2CCCCC2)ccc1OC)c1ccccc1C. The Hall–Kier alpha value is -2.38. The average Bonchev–Trinajstić information content (AvgIpc) is 2.82. The number of nitrogens with zero attached hydrogens (tertiary/aromatic N) is 1. The number of piperidine rings is 1. The second kappa shape index (κ2) is 11.0. The first-order valence-electron chi connectivity index (χ1n) is 11.4. The molecule has 0 aliphatic carbocycles. The molecule has 0 saturated carbocycles. The van der Waals surface area contributed by atoms with Crippen LogP contribution < -0.4 is 10.1 Å². The van der Waals surface area contributed by atoms with Gasteiger partial charge in [-0.05, 0) is 67.5 Å². The van der Waals surface area contributed by atoms with E-state index in [9.17, 15) is 13.2 Å². The van der Waals surface area contributed by atoms with Gasteiger partial charge >= 0.3 is 0 Å². The largest absolute Gasteiger partial charge is 0.496 e. The van der Waals surface area contributed by atoms with Crippen LogP contribution in [0.25, 0.3) is 0 Å². The van der Waals surface area contributed by atoms with E-state index in [4.69, 9.17) is 4.74 Å². The number of aryl methyl sites for hydroxylation is 2. The monoisotopic (exact) mass is 458 g/mol. The number of rotatable bonds is 9. The minimum Gasteiger partial charge on any atom is -0.496 e. The molecule has 0 unspecified atom stereocenters. The predicted octanol–water partition coefficient (Wildman–Crippen LogP) is 4.38. The Morgan fingerprint density at radius 2 is 1.84 bits per heavy atom. The zero-order valence-electron chi connectivity index (χ0n) is 19.3. The molecule has 7 heteroatoms. The second-order valence-corrected chi connectivity index (χ2v) is 10.3. The molecule has 0 radical (unpaired) electrons. The normalized spacial score (nSPS) is 15.8. The highest BCUT2D eigenvalue weighted by Crippen LogP contribution is 2.27. The molecule has 2 aromatic carbocycles. The van der Waals surface area contributed by atoms with Crippen molar-refractivity contribution in [3.8, 4) is 5.75 Å². The van der Waals surface area contributed by atoms with Gasteiger partial charge in [-0.15, -0.1) is 0 Å². The standard InChI is InChI=1S/C25H34N2O4S/c1-4-23(22-11-7-6-10-19(22)2)26-25(28)15-12-20-18-21(13-14-24(20)31-3)32(29,30)27-16-8-5-9-17-27/h6-7,10-11,13-14,18,23H,4-5,8-9,12,15-17H2,1-3H3,(H,26,28)/t23-/m0/s1. The number of carbonyl (C=O) groups excluding carboxylic acids is 1. The van der Waals surface area contributed by atoms with Crippen LogP contribution in [0.5, 0.6) is 5.75 Å². The Morgan fingerprint density at radius 3 is 2.50 bits per heavy atom. The number of ether oxygens (including phenoxy) is 1. The maximum absolute atomic E-state index is 13.1. The van der Waals surface area contributed by atoms with Crippen molar-refractivity contribution in [2.75, 3.05) is 20.2 Å². The molecule has 1 heterocycles. The van der Waals surface area contributed by atoms with E-state index in [1.807, 2.05) is 31.2 Å². The number of nitrogens with one attached hydrogen (secondary N) is 1. The quantitative estimate of drug-likeness (QED) is 0.605. The van der Waals surface area contributed by atoms with Crippen molar-refractivity contribution in [3.05, 3.63) is 59.2 Å². The number of hydrogen-bond acceptors (Lipinski definition) is 4. The summed E-state index contributed by atoms with van der Waals surface area (Å²) >= 11 is 0. The highest BCUT2D eigenvalue weighted by molar-refractivity contribution is 7.89. The summed E-state index contributed by atoms with van der Waals surface area (Å²) in [6.45, 7) is 5.21. The van der Waals surface area contributed by atoms with Gasteiger partial charge in [-0.25, -0.2) is 8.42 Å². The van der Waals surface area contributed by atoms with Gasteiger partial charge in [0.05, 0.1) is 18.0 Å². The molecule has 1 saturated heterocycles. The zero-order valence-corrected chi connectivity index (χ0v) is 20.1. The Morgan fingerprint density at radius 1 is 1.12 bits per heavy atom. The van der Waals surface area contributed by atoms with Gasteiger partial charge in [0.2, 0.25) is 15.9 Å². The fourth-order valence-electron chi connectivity index (χ4n) is 4.26. The van der Waals surface area contributed by atoms with Gasteiger partial charge in [-0.1, -0.05) is 37.6 Å². The maximum Gasteiger partial charge on any atom is 0.243 e. The van der Waals surface area contributed by atoms with E-state index in [2.05, 4.69) is 12.2 Å². The van der Waals surface area contributed by atoms with Crippen LogP contribution in [0.3, 0.4) is 0 Å². The molecule has 0 aromatic heterocycles. The number of methoxy groups -OCH3 is 1. The van der Waals surface area contributed by atoms with Gasteiger partial charge in [-0.2, -0.15) is 4.31 Å². The van der Waals surface area contributed by atoms with Crippen molar-refractivity contribution in [1.82, 2.24) is 9.62 Å². The summed E-state index contributed by atoms with van der Waals surface area (Å²) in [7, 11) is -1.98. The van der Waals surface area contributed by atoms with Crippen LogP contribution in [0.2, 0.25) is 0 Å². The number of sulfonamides is 1. The molecule has 32 heavy (non-hydrogen) atoms. The molecule has 3 rings (SSSR count). The first-order chi connectivity index (χ1) is 15.4. The van der Waals surface area contributed by atoms with Crippen LogP contribution in [-0.4, -0.2) is 38.8 Å². The van der Waals surface area contributed by atoms with Gasteiger partial charge in [0.15, 0.2) is 0 Å². The first kappa shape index (κ1) is 24.3. The van der Waals surface area contributed by atoms with E-state index >= 15 is 0 Å². The molecular weight excluding hydrogens is 424 g/mol. The van der Waals surface area contributed by atoms with Crippen molar-refractivity contribution in [2.45, 2.75) is 63.3 Å². The number of hydrogen-bond donors (Lipinski definition) is 1. The topological polar surface area (TPSA) is 75.7 Å². The Labute approximate surface area is 192 Å². The summed E-state index contributed by atoms with van der Waals surface area (Å²) in [5.41, 5.74) is 3.00. The van der Waals surface area contributed by atoms with Crippen molar-refractivity contribution < 1.29 is 17.9 Å². The minimum atomic E-state index is -3.53. The van der Waals surface area contributed by atoms with E-state index in [0.717, 1.165) is 42.4 Å². The lowest BCUT2D eigenvalue weighted by Crippen LogP contribution is -2.35. The van der Waals surface area contributed by atoms with Crippen LogP contribution >= 0.6 is 0 Å². The summed E-state index contributed by atoms with van der Waals surface area (Å²) in [5, 5.41) is 3.12. The summed E-state index contributed by atoms with van der Waals surface area (Å²) in [5.74, 6) is 0.535. The molecule has 0 bridgehead atoms. The molecule has 1 aliphatic heterocycles. The fourth-order valence-corrected chi connectivity index (χ4v) is 5.83. The molecule has 1 amide bonds. The third kappa shape index (κ3) is 5.70. The van der Waals surface area contributed by atoms with Crippen molar-refractivity contribution in [1.29, 1.82) is 0 Å². The van der Waals surface area contributed by atoms with E-state index in [1.165, 1.54) is 0 Å². The van der Waals surface area contributed by atoms with Gasteiger partial charge in [0.25, 0.3) is 0 Å². The van der Waals surface area contributed by atoms with E-state index in [0.29, 0.717) is 25.3 Å². The molecule has 2 aromatic rings. The Balaban J connectivity index is 1.71. The smallest absolute Gasteiger partial charge is 0.243 e. The van der Waals surface area contributed by atoms with Gasteiger partial charge in [0.1, 0.15) is 5.75 Å². The van der Waals surface area contributed by atoms with Crippen LogP contribution in [0.1, 0.15) is 61.8 Å². The zero-order chi connectivity index (χ0) is 23.1. The first-order valence-corrected chi connectivity index (χ1v) is 12.8. The Kier molecular flexibility index (Phi) is 8.32. The summed E-state index contributed by atoms with van der Waals surface area (Å²) < 4.78 is 33.1. The average molecular weight is 459 g/mol. The third-order valence-corrected chi connectivity index (χ3v) is 8.03. The van der Waals surface area contributed by atoms with E-state index < -0.39 is 10.0 Å². The van der Waals surface area contributed by atoms with Crippen LogP contribution in [0, 0.1) is 6.92 Å². The molecule has 1 fully saturated rings. The van der Waals surface area contributed by atoms with Crippen LogP contribution in [-0.2, 0) is 21.2 Å². The molecule has 6 nitrogen and oxygen atoms in total. The molecule has 1 aliphatic rings. The van der Waals surface area contributed by atoms with Crippen LogP contribution in [0.4, 0.5) is 0 Å². The third-order valence-electron chi connectivity index (χ3n) is 6.13.